The number of nitrogens with zero attached hydrogens (tertiary/aromatic N) is 5. The maximum absolute atomic E-state index is 9.04. The molecule has 4 rings (SSSR count). The summed E-state index contributed by atoms with van der Waals surface area (Å²) in [5, 5.41) is 20.8. The first kappa shape index (κ1) is 24.2. The van der Waals surface area contributed by atoms with Gasteiger partial charge in [-0.3, -0.25) is 4.98 Å². The number of aliphatic hydroxyl groups excluding tert-OH is 1. The second-order valence-corrected chi connectivity index (χ2v) is 8.40. The van der Waals surface area contributed by atoms with Gasteiger partial charge < -0.3 is 30.7 Å². The largest absolute Gasteiger partial charge is 0.396 e. The van der Waals surface area contributed by atoms with Crippen LogP contribution in [0.2, 0.25) is 5.02 Å². The average molecular weight is 487 g/mol. The molecule has 34 heavy (non-hydrogen) atoms. The molecule has 0 saturated carbocycles. The molecule has 10 nitrogen and oxygen atoms in total. The fourth-order valence-corrected chi connectivity index (χ4v) is 3.82. The lowest BCUT2D eigenvalue weighted by atomic mass is 10.2. The molecule has 1 aliphatic heterocycles. The minimum absolute atomic E-state index is 0.122. The zero-order valence-corrected chi connectivity index (χ0v) is 19.9. The summed E-state index contributed by atoms with van der Waals surface area (Å²) in [4.78, 5) is 20.1. The standard InChI is InChI=1S/C23H31ClN8O2/c24-17-4-5-18-19(6-10-26-20(18)16-17)25-7-1-2-8-27-21-29-22(28-9-3-13-33)31-23(30-21)32-11-14-34-15-12-32/h4-6,10,16,33H,1-3,7-9,11-15H2,(H,25,26)(H2,27,28,29,30,31). The Labute approximate surface area is 204 Å². The maximum atomic E-state index is 9.04. The van der Waals surface area contributed by atoms with Gasteiger partial charge in [-0.2, -0.15) is 15.0 Å². The fourth-order valence-electron chi connectivity index (χ4n) is 3.66. The molecule has 0 amide bonds. The number of pyridine rings is 1. The van der Waals surface area contributed by atoms with Crippen molar-refractivity contribution in [3.63, 3.8) is 0 Å². The molecule has 1 fully saturated rings. The van der Waals surface area contributed by atoms with Gasteiger partial charge in [-0.25, -0.2) is 0 Å². The molecule has 0 radical (unpaired) electrons. The minimum atomic E-state index is 0.122. The van der Waals surface area contributed by atoms with E-state index in [1.165, 1.54) is 0 Å². The van der Waals surface area contributed by atoms with Crippen LogP contribution in [0.1, 0.15) is 19.3 Å². The Bertz CT molecular complexity index is 1060. The Balaban J connectivity index is 1.28. The number of benzene rings is 1. The molecule has 0 unspecified atom stereocenters. The Morgan fingerprint density at radius 2 is 1.62 bits per heavy atom. The lowest BCUT2D eigenvalue weighted by molar-refractivity contribution is 0.122. The summed E-state index contributed by atoms with van der Waals surface area (Å²) in [7, 11) is 0. The normalized spacial score (nSPS) is 13.8. The molecule has 0 aliphatic carbocycles. The molecule has 11 heteroatoms. The van der Waals surface area contributed by atoms with E-state index in [1.807, 2.05) is 24.3 Å². The number of anilines is 4. The van der Waals surface area contributed by atoms with E-state index in [1.54, 1.807) is 6.20 Å². The first-order chi connectivity index (χ1) is 16.7. The van der Waals surface area contributed by atoms with Gasteiger partial charge in [0.25, 0.3) is 0 Å². The number of ether oxygens (including phenoxy) is 1. The lowest BCUT2D eigenvalue weighted by Gasteiger charge is -2.27. The van der Waals surface area contributed by atoms with Crippen LogP contribution in [0.4, 0.5) is 23.5 Å². The Morgan fingerprint density at radius 1 is 0.912 bits per heavy atom. The van der Waals surface area contributed by atoms with Gasteiger partial charge in [0.2, 0.25) is 17.8 Å². The monoisotopic (exact) mass is 486 g/mol. The number of aromatic nitrogens is 4. The molecular formula is C23H31ClN8O2. The molecule has 3 aromatic rings. The van der Waals surface area contributed by atoms with Crippen LogP contribution in [-0.2, 0) is 4.74 Å². The highest BCUT2D eigenvalue weighted by atomic mass is 35.5. The van der Waals surface area contributed by atoms with E-state index in [0.29, 0.717) is 49.0 Å². The zero-order valence-electron chi connectivity index (χ0n) is 19.1. The Morgan fingerprint density at radius 3 is 2.35 bits per heavy atom. The number of hydrogen-bond acceptors (Lipinski definition) is 10. The van der Waals surface area contributed by atoms with E-state index in [2.05, 4.69) is 40.8 Å². The molecule has 1 aliphatic rings. The van der Waals surface area contributed by atoms with Crippen molar-refractivity contribution in [2.45, 2.75) is 19.3 Å². The number of halogens is 1. The molecular weight excluding hydrogens is 456 g/mol. The van der Waals surface area contributed by atoms with E-state index in [9.17, 15) is 0 Å². The number of nitrogens with one attached hydrogen (secondary N) is 3. The third kappa shape index (κ3) is 6.78. The highest BCUT2D eigenvalue weighted by Crippen LogP contribution is 2.24. The molecule has 1 aromatic carbocycles. The minimum Gasteiger partial charge on any atom is -0.396 e. The van der Waals surface area contributed by atoms with Crippen molar-refractivity contribution in [3.05, 3.63) is 35.5 Å². The summed E-state index contributed by atoms with van der Waals surface area (Å²) in [6.07, 6.45) is 4.36. The number of rotatable bonds is 12. The van der Waals surface area contributed by atoms with Crippen LogP contribution in [0.25, 0.3) is 10.9 Å². The molecule has 4 N–H and O–H groups in total. The van der Waals surface area contributed by atoms with Crippen molar-refractivity contribution in [3.8, 4) is 0 Å². The van der Waals surface area contributed by atoms with E-state index in [-0.39, 0.29) is 6.61 Å². The first-order valence-electron chi connectivity index (χ1n) is 11.7. The number of unbranched alkanes of at least 4 members (excludes halogenated alkanes) is 1. The van der Waals surface area contributed by atoms with Crippen LogP contribution in [0.5, 0.6) is 0 Å². The van der Waals surface area contributed by atoms with Crippen LogP contribution in [0, 0.1) is 0 Å². The van der Waals surface area contributed by atoms with Gasteiger partial charge in [0.15, 0.2) is 0 Å². The molecule has 1 saturated heterocycles. The van der Waals surface area contributed by atoms with Crippen LogP contribution in [0.3, 0.4) is 0 Å². The summed E-state index contributed by atoms with van der Waals surface area (Å²) in [5.74, 6) is 1.70. The zero-order chi connectivity index (χ0) is 23.6. The van der Waals surface area contributed by atoms with Gasteiger partial charge in [0.1, 0.15) is 0 Å². The molecule has 182 valence electrons. The van der Waals surface area contributed by atoms with E-state index in [0.717, 1.165) is 55.6 Å². The number of morpholine rings is 1. The van der Waals surface area contributed by atoms with Crippen LogP contribution in [-0.4, -0.2) is 77.6 Å². The van der Waals surface area contributed by atoms with Crippen molar-refractivity contribution in [2.24, 2.45) is 0 Å². The summed E-state index contributed by atoms with van der Waals surface area (Å²) in [6, 6.07) is 7.73. The van der Waals surface area contributed by atoms with Crippen molar-refractivity contribution >= 4 is 46.0 Å². The van der Waals surface area contributed by atoms with Crippen molar-refractivity contribution in [1.82, 2.24) is 19.9 Å². The smallest absolute Gasteiger partial charge is 0.232 e. The fraction of sp³-hybridized carbons (Fsp3) is 0.478. The maximum Gasteiger partial charge on any atom is 0.232 e. The number of aliphatic hydroxyl groups is 1. The molecule has 2 aromatic heterocycles. The van der Waals surface area contributed by atoms with Gasteiger partial charge in [-0.15, -0.1) is 0 Å². The molecule has 3 heterocycles. The third-order valence-corrected chi connectivity index (χ3v) is 5.68. The van der Waals surface area contributed by atoms with E-state index < -0.39 is 0 Å². The predicted octanol–water partition coefficient (Wildman–Crippen LogP) is 3.01. The second kappa shape index (κ2) is 12.5. The molecule has 0 spiro atoms. The predicted molar refractivity (Wildman–Crippen MR) is 136 cm³/mol. The molecule has 0 bridgehead atoms. The number of hydrogen-bond donors (Lipinski definition) is 4. The topological polar surface area (TPSA) is 120 Å². The third-order valence-electron chi connectivity index (χ3n) is 5.44. The number of fused-ring (bicyclic) bond motifs is 1. The average Bonchev–Trinajstić information content (AvgIpc) is 2.86. The quantitative estimate of drug-likeness (QED) is 0.284. The SMILES string of the molecule is OCCCNc1nc(NCCCCNc2ccnc3cc(Cl)ccc23)nc(N2CCOCC2)n1. The summed E-state index contributed by atoms with van der Waals surface area (Å²) in [6.45, 7) is 5.14. The summed E-state index contributed by atoms with van der Waals surface area (Å²) in [5.41, 5.74) is 1.94. The Hall–Kier alpha value is -2.95. The Kier molecular flexibility index (Phi) is 8.89. The summed E-state index contributed by atoms with van der Waals surface area (Å²) < 4.78 is 5.44. The van der Waals surface area contributed by atoms with Gasteiger partial charge in [0, 0.05) is 61.6 Å². The summed E-state index contributed by atoms with van der Waals surface area (Å²) >= 11 is 6.07. The van der Waals surface area contributed by atoms with Crippen LogP contribution in [0.15, 0.2) is 30.5 Å². The molecule has 0 atom stereocenters. The van der Waals surface area contributed by atoms with Gasteiger partial charge >= 0.3 is 0 Å². The first-order valence-corrected chi connectivity index (χ1v) is 12.1. The van der Waals surface area contributed by atoms with E-state index in [4.69, 9.17) is 21.4 Å². The van der Waals surface area contributed by atoms with Crippen molar-refractivity contribution in [1.29, 1.82) is 0 Å². The van der Waals surface area contributed by atoms with Crippen molar-refractivity contribution in [2.75, 3.05) is 73.4 Å². The van der Waals surface area contributed by atoms with Crippen molar-refractivity contribution < 1.29 is 9.84 Å². The highest BCUT2D eigenvalue weighted by molar-refractivity contribution is 6.31. The lowest BCUT2D eigenvalue weighted by Crippen LogP contribution is -2.37. The second-order valence-electron chi connectivity index (χ2n) is 7.97. The van der Waals surface area contributed by atoms with E-state index >= 15 is 0 Å². The van der Waals surface area contributed by atoms with Gasteiger partial charge in [-0.05, 0) is 43.5 Å². The highest BCUT2D eigenvalue weighted by Gasteiger charge is 2.16. The van der Waals surface area contributed by atoms with Gasteiger partial charge in [0.05, 0.1) is 18.7 Å². The van der Waals surface area contributed by atoms with Crippen LogP contribution >= 0.6 is 11.6 Å². The van der Waals surface area contributed by atoms with Crippen LogP contribution < -0.4 is 20.9 Å². The van der Waals surface area contributed by atoms with Gasteiger partial charge in [-0.1, -0.05) is 11.6 Å².